The Hall–Kier alpha value is -1.83. The molecule has 1 rings (SSSR count). The van der Waals surface area contributed by atoms with Crippen LogP contribution in [-0.2, 0) is 0 Å². The van der Waals surface area contributed by atoms with Crippen LogP contribution in [0.4, 0.5) is 14.5 Å². The maximum absolute atomic E-state index is 12.4. The fourth-order valence-corrected chi connectivity index (χ4v) is 1.19. The number of aromatic hydroxyl groups is 1. The van der Waals surface area contributed by atoms with Gasteiger partial charge in [-0.1, -0.05) is 0 Å². The molecule has 0 spiro atoms. The molecule has 0 fully saturated rings. The number of rotatable bonds is 3. The highest BCUT2D eigenvalue weighted by molar-refractivity contribution is 6.67. The van der Waals surface area contributed by atoms with E-state index in [-0.39, 0.29) is 0 Å². The smallest absolute Gasteiger partial charge is 0.312 e. The normalized spacial score (nSPS) is 10.5. The first-order valence-electron chi connectivity index (χ1n) is 3.70. The fraction of sp³-hybridized carbons (Fsp3) is 0.143. The van der Waals surface area contributed by atoms with Gasteiger partial charge >= 0.3 is 5.69 Å². The van der Waals surface area contributed by atoms with Gasteiger partial charge in [-0.2, -0.15) is 0 Å². The van der Waals surface area contributed by atoms with Gasteiger partial charge in [0.05, 0.1) is 11.1 Å². The van der Waals surface area contributed by atoms with E-state index < -0.39 is 39.3 Å². The molecule has 1 aromatic heterocycles. The van der Waals surface area contributed by atoms with Crippen LogP contribution in [-0.4, -0.2) is 20.3 Å². The summed E-state index contributed by atoms with van der Waals surface area (Å²) in [5, 5.41) is 18.2. The van der Waals surface area contributed by atoms with Crippen molar-refractivity contribution in [3.63, 3.8) is 0 Å². The maximum atomic E-state index is 12.4. The topological polar surface area (TPSA) is 93.3 Å². The first kappa shape index (κ1) is 12.2. The van der Waals surface area contributed by atoms with Gasteiger partial charge in [0.2, 0.25) is 5.69 Å². The quantitative estimate of drug-likeness (QED) is 0.504. The standard InChI is InChI=1S/C7H3ClF2N2O4/c8-6(14)4-5(12(15)16)3(7(9)10)2(13)1-11-4/h1,7,13H. The molecule has 0 aromatic carbocycles. The molecular formula is C7H3ClF2N2O4. The lowest BCUT2D eigenvalue weighted by molar-refractivity contribution is -0.386. The molecule has 1 aromatic rings. The molecule has 0 aliphatic carbocycles. The van der Waals surface area contributed by atoms with Crippen LogP contribution in [0.15, 0.2) is 6.20 Å². The lowest BCUT2D eigenvalue weighted by Gasteiger charge is -2.05. The number of carbonyl (C=O) groups is 1. The Bertz CT molecular complexity index is 466. The summed E-state index contributed by atoms with van der Waals surface area (Å²) in [5.41, 5.74) is -3.49. The second-order valence-electron chi connectivity index (χ2n) is 2.59. The van der Waals surface area contributed by atoms with Crippen LogP contribution in [0.2, 0.25) is 0 Å². The number of halogens is 3. The van der Waals surface area contributed by atoms with E-state index in [4.69, 9.17) is 16.7 Å². The molecule has 9 heteroatoms. The summed E-state index contributed by atoms with van der Waals surface area (Å²) in [7, 11) is 0. The molecule has 0 amide bonds. The molecule has 6 nitrogen and oxygen atoms in total. The summed E-state index contributed by atoms with van der Waals surface area (Å²) < 4.78 is 24.9. The third kappa shape index (κ3) is 2.06. The third-order valence-corrected chi connectivity index (χ3v) is 1.84. The van der Waals surface area contributed by atoms with Crippen LogP contribution in [0.1, 0.15) is 22.5 Å². The highest BCUT2D eigenvalue weighted by atomic mass is 35.5. The largest absolute Gasteiger partial charge is 0.506 e. The van der Waals surface area contributed by atoms with Crippen LogP contribution in [0.25, 0.3) is 0 Å². The Morgan fingerprint density at radius 3 is 2.56 bits per heavy atom. The number of aromatic nitrogens is 1. The zero-order chi connectivity index (χ0) is 12.5. The van der Waals surface area contributed by atoms with Crippen LogP contribution in [0.5, 0.6) is 5.75 Å². The second-order valence-corrected chi connectivity index (χ2v) is 2.93. The molecule has 0 aliphatic rings. The van der Waals surface area contributed by atoms with Crippen molar-refractivity contribution < 1.29 is 23.6 Å². The van der Waals surface area contributed by atoms with E-state index in [9.17, 15) is 23.7 Å². The van der Waals surface area contributed by atoms with Gasteiger partial charge in [0.25, 0.3) is 11.7 Å². The van der Waals surface area contributed by atoms with Crippen molar-refractivity contribution in [3.8, 4) is 5.75 Å². The SMILES string of the molecule is O=C(Cl)c1ncc(O)c(C(F)F)c1[N+](=O)[O-]. The minimum absolute atomic E-state index is 0.504. The maximum Gasteiger partial charge on any atom is 0.312 e. The number of nitrogens with zero attached hydrogens (tertiary/aromatic N) is 2. The van der Waals surface area contributed by atoms with Crippen LogP contribution in [0, 0.1) is 10.1 Å². The van der Waals surface area contributed by atoms with Gasteiger partial charge in [-0.05, 0) is 11.6 Å². The van der Waals surface area contributed by atoms with Gasteiger partial charge < -0.3 is 5.11 Å². The summed E-state index contributed by atoms with van der Waals surface area (Å²) in [4.78, 5) is 23.1. The van der Waals surface area contributed by atoms with Gasteiger partial charge in [-0.15, -0.1) is 0 Å². The van der Waals surface area contributed by atoms with E-state index in [2.05, 4.69) is 4.98 Å². The molecule has 16 heavy (non-hydrogen) atoms. The first-order chi connectivity index (χ1) is 7.36. The zero-order valence-electron chi connectivity index (χ0n) is 7.35. The highest BCUT2D eigenvalue weighted by Crippen LogP contribution is 2.37. The number of hydrogen-bond donors (Lipinski definition) is 1. The highest BCUT2D eigenvalue weighted by Gasteiger charge is 2.33. The Kier molecular flexibility index (Phi) is 3.33. The van der Waals surface area contributed by atoms with Crippen LogP contribution >= 0.6 is 11.6 Å². The number of nitro groups is 1. The monoisotopic (exact) mass is 252 g/mol. The number of alkyl halides is 2. The predicted molar refractivity (Wildman–Crippen MR) is 47.7 cm³/mol. The van der Waals surface area contributed by atoms with Crippen LogP contribution < -0.4 is 0 Å². The summed E-state index contributed by atoms with van der Waals surface area (Å²) in [6.07, 6.45) is -2.82. The average molecular weight is 253 g/mol. The summed E-state index contributed by atoms with van der Waals surface area (Å²) in [6.45, 7) is 0. The lowest BCUT2D eigenvalue weighted by atomic mass is 10.1. The summed E-state index contributed by atoms with van der Waals surface area (Å²) in [5.74, 6) is -1.07. The van der Waals surface area contributed by atoms with E-state index >= 15 is 0 Å². The summed E-state index contributed by atoms with van der Waals surface area (Å²) in [6, 6.07) is 0. The minimum atomic E-state index is -3.32. The molecule has 0 bridgehead atoms. The molecule has 0 saturated carbocycles. The van der Waals surface area contributed by atoms with E-state index in [1.165, 1.54) is 0 Å². The number of pyridine rings is 1. The van der Waals surface area contributed by atoms with Gasteiger partial charge in [-0.3, -0.25) is 14.9 Å². The molecule has 0 radical (unpaired) electrons. The first-order valence-corrected chi connectivity index (χ1v) is 4.08. The van der Waals surface area contributed by atoms with E-state index in [1.54, 1.807) is 0 Å². The van der Waals surface area contributed by atoms with Gasteiger partial charge in [0.15, 0.2) is 0 Å². The molecule has 0 saturated heterocycles. The van der Waals surface area contributed by atoms with Crippen molar-refractivity contribution in [3.05, 3.63) is 27.6 Å². The third-order valence-electron chi connectivity index (χ3n) is 1.66. The minimum Gasteiger partial charge on any atom is -0.506 e. The van der Waals surface area contributed by atoms with Crippen LogP contribution in [0.3, 0.4) is 0 Å². The van der Waals surface area contributed by atoms with Crippen molar-refractivity contribution in [2.75, 3.05) is 0 Å². The Labute approximate surface area is 91.6 Å². The lowest BCUT2D eigenvalue weighted by Crippen LogP contribution is -2.06. The zero-order valence-corrected chi connectivity index (χ0v) is 8.11. The van der Waals surface area contributed by atoms with Crippen molar-refractivity contribution in [2.24, 2.45) is 0 Å². The van der Waals surface area contributed by atoms with E-state index in [0.29, 0.717) is 6.20 Å². The summed E-state index contributed by atoms with van der Waals surface area (Å²) >= 11 is 4.95. The predicted octanol–water partition coefficient (Wildman–Crippen LogP) is 2.01. The molecule has 0 unspecified atom stereocenters. The molecule has 1 heterocycles. The van der Waals surface area contributed by atoms with Crippen molar-refractivity contribution in [1.29, 1.82) is 0 Å². The average Bonchev–Trinajstić information content (AvgIpc) is 2.15. The molecule has 1 N–H and O–H groups in total. The Balaban J connectivity index is 3.63. The van der Waals surface area contributed by atoms with Crippen molar-refractivity contribution in [1.82, 2.24) is 4.98 Å². The van der Waals surface area contributed by atoms with E-state index in [1.807, 2.05) is 0 Å². The molecule has 0 aliphatic heterocycles. The number of carbonyl (C=O) groups excluding carboxylic acids is 1. The fourth-order valence-electron chi connectivity index (χ4n) is 1.05. The molecule has 0 atom stereocenters. The van der Waals surface area contributed by atoms with E-state index in [0.717, 1.165) is 0 Å². The second kappa shape index (κ2) is 4.35. The van der Waals surface area contributed by atoms with Gasteiger partial charge in [0.1, 0.15) is 11.3 Å². The number of hydrogen-bond acceptors (Lipinski definition) is 5. The molecule has 86 valence electrons. The van der Waals surface area contributed by atoms with Crippen molar-refractivity contribution in [2.45, 2.75) is 6.43 Å². The van der Waals surface area contributed by atoms with Gasteiger partial charge in [-0.25, -0.2) is 13.8 Å². The van der Waals surface area contributed by atoms with Crippen molar-refractivity contribution >= 4 is 22.5 Å². The van der Waals surface area contributed by atoms with Gasteiger partial charge in [0, 0.05) is 0 Å². The Morgan fingerprint density at radius 2 is 2.19 bits per heavy atom. The Morgan fingerprint density at radius 1 is 1.62 bits per heavy atom. The molecular weight excluding hydrogens is 250 g/mol.